The van der Waals surface area contributed by atoms with Gasteiger partial charge < -0.3 is 9.55 Å². The van der Waals surface area contributed by atoms with Gasteiger partial charge in [-0.1, -0.05) is 23.7 Å². The van der Waals surface area contributed by atoms with Crippen molar-refractivity contribution >= 4 is 45.6 Å². The Labute approximate surface area is 125 Å². The molecule has 0 aliphatic rings. The smallest absolute Gasteiger partial charge is 0.210 e. The molecule has 0 aliphatic carbocycles. The van der Waals surface area contributed by atoms with Crippen LogP contribution in [0.15, 0.2) is 42.5 Å². The van der Waals surface area contributed by atoms with Gasteiger partial charge in [-0.2, -0.15) is 0 Å². The Balaban J connectivity index is 1.77. The highest BCUT2D eigenvalue weighted by Crippen LogP contribution is 2.23. The third-order valence-corrected chi connectivity index (χ3v) is 3.70. The predicted octanol–water partition coefficient (Wildman–Crippen LogP) is 3.85. The summed E-state index contributed by atoms with van der Waals surface area (Å²) >= 11 is 5.98. The quantitative estimate of drug-likeness (QED) is 0.591. The van der Waals surface area contributed by atoms with Crippen molar-refractivity contribution in [2.24, 2.45) is 7.05 Å². The fourth-order valence-corrected chi connectivity index (χ4v) is 2.58. The van der Waals surface area contributed by atoms with Crippen molar-refractivity contribution in [3.63, 3.8) is 0 Å². The maximum atomic E-state index is 5.98. The van der Waals surface area contributed by atoms with E-state index in [1.807, 2.05) is 54.1 Å². The van der Waals surface area contributed by atoms with Crippen LogP contribution in [0.25, 0.3) is 22.1 Å². The molecule has 0 saturated carbocycles. The molecule has 4 aromatic rings. The topological polar surface area (TPSA) is 58.5 Å². The summed E-state index contributed by atoms with van der Waals surface area (Å²) in [4.78, 5) is 12.2. The number of hydrogen-bond acceptors (Lipinski definition) is 3. The molecule has 0 saturated heterocycles. The normalized spacial score (nSPS) is 11.3. The number of aromatic nitrogens is 4. The monoisotopic (exact) mass is 297 g/mol. The van der Waals surface area contributed by atoms with Crippen LogP contribution in [0.5, 0.6) is 0 Å². The van der Waals surface area contributed by atoms with Crippen molar-refractivity contribution < 1.29 is 0 Å². The molecule has 2 heterocycles. The van der Waals surface area contributed by atoms with Gasteiger partial charge >= 0.3 is 0 Å². The van der Waals surface area contributed by atoms with Gasteiger partial charge in [0.2, 0.25) is 11.9 Å². The highest BCUT2D eigenvalue weighted by molar-refractivity contribution is 6.31. The summed E-state index contributed by atoms with van der Waals surface area (Å²) in [7, 11) is 1.97. The second kappa shape index (κ2) is 4.49. The maximum Gasteiger partial charge on any atom is 0.210 e. The van der Waals surface area contributed by atoms with Gasteiger partial charge in [0.1, 0.15) is 0 Å². The van der Waals surface area contributed by atoms with Crippen molar-refractivity contribution in [2.45, 2.75) is 0 Å². The zero-order valence-corrected chi connectivity index (χ0v) is 12.0. The van der Waals surface area contributed by atoms with Crippen molar-refractivity contribution in [2.75, 3.05) is 5.32 Å². The minimum Gasteiger partial charge on any atom is -0.324 e. The number of fused-ring (bicyclic) bond motifs is 2. The van der Waals surface area contributed by atoms with Crippen LogP contribution in [-0.4, -0.2) is 19.5 Å². The van der Waals surface area contributed by atoms with Gasteiger partial charge in [-0.3, -0.25) is 5.32 Å². The minimum atomic E-state index is 0.644. The number of nitrogens with one attached hydrogen (secondary N) is 2. The van der Waals surface area contributed by atoms with Crippen LogP contribution < -0.4 is 5.32 Å². The number of halogens is 1. The third-order valence-electron chi connectivity index (χ3n) is 3.46. The van der Waals surface area contributed by atoms with E-state index < -0.39 is 0 Å². The molecule has 0 aliphatic heterocycles. The van der Waals surface area contributed by atoms with Gasteiger partial charge in [-0.15, -0.1) is 0 Å². The van der Waals surface area contributed by atoms with Crippen LogP contribution in [-0.2, 0) is 7.05 Å². The molecule has 2 aromatic heterocycles. The first-order chi connectivity index (χ1) is 10.2. The lowest BCUT2D eigenvalue weighted by atomic mass is 10.3. The number of para-hydroxylation sites is 2. The fourth-order valence-electron chi connectivity index (χ4n) is 2.40. The SMILES string of the molecule is Cn1c(Nc2nc3ccc(Cl)cc3[nH]2)nc2ccccc21. The summed E-state index contributed by atoms with van der Waals surface area (Å²) in [5, 5.41) is 3.89. The molecule has 0 unspecified atom stereocenters. The second-order valence-electron chi connectivity index (χ2n) is 4.86. The molecule has 0 bridgehead atoms. The van der Waals surface area contributed by atoms with Crippen LogP contribution in [0.2, 0.25) is 5.02 Å². The number of H-pyrrole nitrogens is 1. The van der Waals surface area contributed by atoms with Crippen LogP contribution in [0.3, 0.4) is 0 Å². The van der Waals surface area contributed by atoms with Gasteiger partial charge in [0, 0.05) is 12.1 Å². The lowest BCUT2D eigenvalue weighted by Crippen LogP contribution is -2.00. The lowest BCUT2D eigenvalue weighted by Gasteiger charge is -2.02. The largest absolute Gasteiger partial charge is 0.324 e. The predicted molar refractivity (Wildman–Crippen MR) is 85.1 cm³/mol. The van der Waals surface area contributed by atoms with E-state index >= 15 is 0 Å². The van der Waals surface area contributed by atoms with Gasteiger partial charge in [-0.25, -0.2) is 9.97 Å². The van der Waals surface area contributed by atoms with E-state index in [0.29, 0.717) is 11.0 Å². The van der Waals surface area contributed by atoms with E-state index in [1.165, 1.54) is 0 Å². The Hall–Kier alpha value is -2.53. The second-order valence-corrected chi connectivity index (χ2v) is 5.29. The molecule has 104 valence electrons. The summed E-state index contributed by atoms with van der Waals surface area (Å²) in [5.41, 5.74) is 3.77. The molecule has 0 fully saturated rings. The minimum absolute atomic E-state index is 0.644. The maximum absolute atomic E-state index is 5.98. The number of imidazole rings is 2. The average Bonchev–Trinajstić information content (AvgIpc) is 3.01. The van der Waals surface area contributed by atoms with E-state index in [4.69, 9.17) is 11.6 Å². The van der Waals surface area contributed by atoms with E-state index in [9.17, 15) is 0 Å². The van der Waals surface area contributed by atoms with Crippen molar-refractivity contribution in [3.8, 4) is 0 Å². The Morgan fingerprint density at radius 3 is 2.81 bits per heavy atom. The highest BCUT2D eigenvalue weighted by atomic mass is 35.5. The molecule has 0 spiro atoms. The molecule has 2 N–H and O–H groups in total. The van der Waals surface area contributed by atoms with E-state index in [1.54, 1.807) is 0 Å². The first kappa shape index (κ1) is 12.2. The highest BCUT2D eigenvalue weighted by Gasteiger charge is 2.09. The van der Waals surface area contributed by atoms with Crippen molar-refractivity contribution in [1.29, 1.82) is 0 Å². The zero-order valence-electron chi connectivity index (χ0n) is 11.3. The molecule has 6 heteroatoms. The molecule has 2 aromatic carbocycles. The summed E-state index contributed by atoms with van der Waals surface area (Å²) in [6.45, 7) is 0. The summed E-state index contributed by atoms with van der Waals surface area (Å²) < 4.78 is 2.00. The first-order valence-corrected chi connectivity index (χ1v) is 6.92. The number of nitrogens with zero attached hydrogens (tertiary/aromatic N) is 3. The summed E-state index contributed by atoms with van der Waals surface area (Å²) in [6, 6.07) is 13.5. The molecule has 4 rings (SSSR count). The fraction of sp³-hybridized carbons (Fsp3) is 0.0667. The number of rotatable bonds is 2. The number of benzene rings is 2. The average molecular weight is 298 g/mol. The van der Waals surface area contributed by atoms with E-state index in [2.05, 4.69) is 20.3 Å². The molecular formula is C15H12ClN5. The first-order valence-electron chi connectivity index (χ1n) is 6.54. The Morgan fingerprint density at radius 2 is 1.95 bits per heavy atom. The van der Waals surface area contributed by atoms with Crippen LogP contribution in [0, 0.1) is 0 Å². The van der Waals surface area contributed by atoms with Gasteiger partial charge in [0.25, 0.3) is 0 Å². The van der Waals surface area contributed by atoms with E-state index in [0.717, 1.165) is 28.0 Å². The third kappa shape index (κ3) is 2.02. The van der Waals surface area contributed by atoms with Crippen LogP contribution in [0.4, 0.5) is 11.9 Å². The van der Waals surface area contributed by atoms with Crippen molar-refractivity contribution in [3.05, 3.63) is 47.5 Å². The molecule has 0 radical (unpaired) electrons. The van der Waals surface area contributed by atoms with Crippen LogP contribution in [0.1, 0.15) is 0 Å². The molecule has 21 heavy (non-hydrogen) atoms. The zero-order chi connectivity index (χ0) is 14.4. The summed E-state index contributed by atoms with van der Waals surface area (Å²) in [6.07, 6.45) is 0. The Kier molecular flexibility index (Phi) is 2.62. The van der Waals surface area contributed by atoms with Gasteiger partial charge in [0.15, 0.2) is 0 Å². The van der Waals surface area contributed by atoms with Crippen molar-refractivity contribution in [1.82, 2.24) is 19.5 Å². The van der Waals surface area contributed by atoms with E-state index in [-0.39, 0.29) is 0 Å². The number of aryl methyl sites for hydroxylation is 1. The molecule has 5 nitrogen and oxygen atoms in total. The summed E-state index contributed by atoms with van der Waals surface area (Å²) in [5.74, 6) is 1.38. The number of aromatic amines is 1. The Morgan fingerprint density at radius 1 is 1.10 bits per heavy atom. The van der Waals surface area contributed by atoms with Gasteiger partial charge in [0.05, 0.1) is 22.1 Å². The van der Waals surface area contributed by atoms with Crippen LogP contribution >= 0.6 is 11.6 Å². The molecule has 0 amide bonds. The molecule has 0 atom stereocenters. The number of hydrogen-bond donors (Lipinski definition) is 2. The lowest BCUT2D eigenvalue weighted by molar-refractivity contribution is 0.953. The molecular weight excluding hydrogens is 286 g/mol. The number of anilines is 2. The van der Waals surface area contributed by atoms with Gasteiger partial charge in [-0.05, 0) is 30.3 Å². The standard InChI is InChI=1S/C15H12ClN5/c1-21-13-5-3-2-4-11(13)19-15(21)20-14-17-10-7-6-9(16)8-12(10)18-14/h2-8H,1H3,(H2,17,18,19,20). The Bertz CT molecular complexity index is 953.